The predicted molar refractivity (Wildman–Crippen MR) is 119 cm³/mol. The largest absolute Gasteiger partial charge is 0.481 e. The molecule has 0 saturated carbocycles. The second-order valence-corrected chi connectivity index (χ2v) is 7.84. The number of hydrogen-bond acceptors (Lipinski definition) is 2. The zero-order valence-electron chi connectivity index (χ0n) is 18.8. The number of amides is 1. The van der Waals surface area contributed by atoms with E-state index in [1.54, 1.807) is 4.90 Å². The topological polar surface area (TPSA) is 57.6 Å². The van der Waals surface area contributed by atoms with Gasteiger partial charge < -0.3 is 10.0 Å². The highest BCUT2D eigenvalue weighted by Crippen LogP contribution is 2.15. The lowest BCUT2D eigenvalue weighted by Gasteiger charge is -2.23. The van der Waals surface area contributed by atoms with Crippen molar-refractivity contribution in [3.8, 4) is 0 Å². The van der Waals surface area contributed by atoms with Gasteiger partial charge in [0.1, 0.15) is 0 Å². The van der Waals surface area contributed by atoms with Crippen LogP contribution in [-0.4, -0.2) is 35.0 Å². The minimum absolute atomic E-state index is 0.0354. The van der Waals surface area contributed by atoms with Crippen molar-refractivity contribution in [2.75, 3.05) is 13.1 Å². The second kappa shape index (κ2) is 19.0. The third kappa shape index (κ3) is 14.7. The van der Waals surface area contributed by atoms with Gasteiger partial charge in [-0.1, -0.05) is 83.3 Å². The fraction of sp³-hybridized carbons (Fsp3) is 0.833. The van der Waals surface area contributed by atoms with E-state index in [-0.39, 0.29) is 12.3 Å². The average molecular weight is 396 g/mol. The van der Waals surface area contributed by atoms with Crippen LogP contribution in [0.2, 0.25) is 0 Å². The molecule has 1 amide bonds. The summed E-state index contributed by atoms with van der Waals surface area (Å²) in [7, 11) is 0. The van der Waals surface area contributed by atoms with Crippen LogP contribution in [0.15, 0.2) is 12.2 Å². The van der Waals surface area contributed by atoms with Crippen molar-refractivity contribution < 1.29 is 14.7 Å². The summed E-state index contributed by atoms with van der Waals surface area (Å²) in [6, 6.07) is 0. The number of carboxylic acid groups (broad SMARTS) is 1. The standard InChI is InChI=1S/C24H45NO3/c1-4-7-8-9-10-11-12-13-14-15-16-17-18-19-20-22(21-23(26)27)24(28)25(5-2)6-3/h18-19,22H,4-17,20-21H2,1-3H3,(H,26,27)/b19-18+. The Morgan fingerprint density at radius 1 is 0.786 bits per heavy atom. The molecule has 0 radical (unpaired) electrons. The Bertz CT molecular complexity index is 416. The highest BCUT2D eigenvalue weighted by atomic mass is 16.4. The molecule has 0 rings (SSSR count). The molecule has 0 aromatic rings. The van der Waals surface area contributed by atoms with Crippen molar-refractivity contribution in [1.29, 1.82) is 0 Å². The van der Waals surface area contributed by atoms with Crippen LogP contribution >= 0.6 is 0 Å². The zero-order chi connectivity index (χ0) is 21.0. The third-order valence-electron chi connectivity index (χ3n) is 5.41. The lowest BCUT2D eigenvalue weighted by Crippen LogP contribution is -2.36. The fourth-order valence-electron chi connectivity index (χ4n) is 3.58. The number of allylic oxidation sites excluding steroid dienone is 2. The Labute approximate surface area is 173 Å². The van der Waals surface area contributed by atoms with Crippen LogP contribution in [0.4, 0.5) is 0 Å². The SMILES string of the molecule is CCCCCCCCCCCCC/C=C/CC(CC(=O)O)C(=O)N(CC)CC. The molecular formula is C24H45NO3. The number of carbonyl (C=O) groups excluding carboxylic acids is 1. The van der Waals surface area contributed by atoms with E-state index in [0.717, 1.165) is 6.42 Å². The Balaban J connectivity index is 3.83. The summed E-state index contributed by atoms with van der Waals surface area (Å²) in [4.78, 5) is 25.2. The van der Waals surface area contributed by atoms with Gasteiger partial charge in [0.2, 0.25) is 5.91 Å². The van der Waals surface area contributed by atoms with E-state index in [9.17, 15) is 9.59 Å². The Kier molecular flexibility index (Phi) is 18.1. The quantitative estimate of drug-likeness (QED) is 0.198. The minimum atomic E-state index is -0.899. The van der Waals surface area contributed by atoms with Gasteiger partial charge in [-0.2, -0.15) is 0 Å². The summed E-state index contributed by atoms with van der Waals surface area (Å²) >= 11 is 0. The number of rotatable bonds is 19. The molecule has 4 nitrogen and oxygen atoms in total. The highest BCUT2D eigenvalue weighted by molar-refractivity contribution is 5.83. The van der Waals surface area contributed by atoms with E-state index in [1.807, 2.05) is 19.9 Å². The number of unbranched alkanes of at least 4 members (excludes halogenated alkanes) is 11. The van der Waals surface area contributed by atoms with Gasteiger partial charge in [-0.3, -0.25) is 9.59 Å². The molecule has 0 spiro atoms. The lowest BCUT2D eigenvalue weighted by molar-refractivity contribution is -0.144. The van der Waals surface area contributed by atoms with Gasteiger partial charge >= 0.3 is 5.97 Å². The molecule has 0 aliphatic heterocycles. The number of carboxylic acids is 1. The van der Waals surface area contributed by atoms with Crippen LogP contribution in [0.1, 0.15) is 111 Å². The predicted octanol–water partition coefficient (Wildman–Crippen LogP) is 6.59. The van der Waals surface area contributed by atoms with Crippen molar-refractivity contribution in [2.24, 2.45) is 5.92 Å². The Morgan fingerprint density at radius 3 is 1.75 bits per heavy atom. The smallest absolute Gasteiger partial charge is 0.304 e. The molecule has 0 aliphatic carbocycles. The van der Waals surface area contributed by atoms with E-state index >= 15 is 0 Å². The summed E-state index contributed by atoms with van der Waals surface area (Å²) in [6.07, 6.45) is 20.3. The van der Waals surface area contributed by atoms with E-state index < -0.39 is 11.9 Å². The number of carbonyl (C=O) groups is 2. The van der Waals surface area contributed by atoms with Crippen molar-refractivity contribution in [1.82, 2.24) is 4.90 Å². The van der Waals surface area contributed by atoms with Crippen molar-refractivity contribution in [2.45, 2.75) is 111 Å². The van der Waals surface area contributed by atoms with Crippen LogP contribution in [0.25, 0.3) is 0 Å². The first kappa shape index (κ1) is 26.7. The maximum absolute atomic E-state index is 12.4. The van der Waals surface area contributed by atoms with E-state index in [0.29, 0.717) is 19.5 Å². The van der Waals surface area contributed by atoms with Crippen LogP contribution in [-0.2, 0) is 9.59 Å². The molecule has 28 heavy (non-hydrogen) atoms. The molecule has 4 heteroatoms. The molecule has 164 valence electrons. The maximum atomic E-state index is 12.4. The van der Waals surface area contributed by atoms with E-state index in [4.69, 9.17) is 5.11 Å². The Hall–Kier alpha value is -1.32. The molecule has 0 fully saturated rings. The number of hydrogen-bond donors (Lipinski definition) is 1. The maximum Gasteiger partial charge on any atom is 0.304 e. The molecule has 0 aromatic heterocycles. The summed E-state index contributed by atoms with van der Waals surface area (Å²) in [6.45, 7) is 7.39. The third-order valence-corrected chi connectivity index (χ3v) is 5.41. The second-order valence-electron chi connectivity index (χ2n) is 7.84. The van der Waals surface area contributed by atoms with Gasteiger partial charge in [-0.05, 0) is 33.1 Å². The normalized spacial score (nSPS) is 12.4. The van der Waals surface area contributed by atoms with Gasteiger partial charge in [0.05, 0.1) is 12.3 Å². The molecular weight excluding hydrogens is 350 g/mol. The molecule has 0 saturated heterocycles. The first-order valence-electron chi connectivity index (χ1n) is 11.7. The lowest BCUT2D eigenvalue weighted by atomic mass is 9.98. The van der Waals surface area contributed by atoms with Crippen LogP contribution < -0.4 is 0 Å². The minimum Gasteiger partial charge on any atom is -0.481 e. The summed E-state index contributed by atoms with van der Waals surface area (Å²) in [5.41, 5.74) is 0. The van der Waals surface area contributed by atoms with Gasteiger partial charge in [0.25, 0.3) is 0 Å². The van der Waals surface area contributed by atoms with Gasteiger partial charge in [-0.15, -0.1) is 0 Å². The van der Waals surface area contributed by atoms with Crippen LogP contribution in [0.5, 0.6) is 0 Å². The molecule has 0 aromatic carbocycles. The van der Waals surface area contributed by atoms with Crippen molar-refractivity contribution >= 4 is 11.9 Å². The molecule has 0 heterocycles. The number of nitrogens with zero attached hydrogens (tertiary/aromatic N) is 1. The summed E-state index contributed by atoms with van der Waals surface area (Å²) < 4.78 is 0. The monoisotopic (exact) mass is 395 g/mol. The Morgan fingerprint density at radius 2 is 1.29 bits per heavy atom. The van der Waals surface area contributed by atoms with Crippen LogP contribution in [0, 0.1) is 5.92 Å². The van der Waals surface area contributed by atoms with Gasteiger partial charge in [0.15, 0.2) is 0 Å². The van der Waals surface area contributed by atoms with E-state index in [1.165, 1.54) is 70.6 Å². The first-order chi connectivity index (χ1) is 13.6. The molecule has 1 atom stereocenters. The fourth-order valence-corrected chi connectivity index (χ4v) is 3.58. The summed E-state index contributed by atoms with van der Waals surface area (Å²) in [5, 5.41) is 9.08. The first-order valence-corrected chi connectivity index (χ1v) is 11.7. The van der Waals surface area contributed by atoms with Gasteiger partial charge in [-0.25, -0.2) is 0 Å². The molecule has 1 N–H and O–H groups in total. The van der Waals surface area contributed by atoms with E-state index in [2.05, 4.69) is 13.0 Å². The van der Waals surface area contributed by atoms with Crippen molar-refractivity contribution in [3.05, 3.63) is 12.2 Å². The summed E-state index contributed by atoms with van der Waals surface area (Å²) in [5.74, 6) is -1.37. The zero-order valence-corrected chi connectivity index (χ0v) is 18.8. The van der Waals surface area contributed by atoms with Crippen molar-refractivity contribution in [3.63, 3.8) is 0 Å². The molecule has 0 aliphatic rings. The highest BCUT2D eigenvalue weighted by Gasteiger charge is 2.23. The van der Waals surface area contributed by atoms with Crippen LogP contribution in [0.3, 0.4) is 0 Å². The molecule has 0 bridgehead atoms. The van der Waals surface area contributed by atoms with Gasteiger partial charge in [0, 0.05) is 13.1 Å². The average Bonchev–Trinajstić information content (AvgIpc) is 2.67. The molecule has 1 unspecified atom stereocenters. The number of aliphatic carboxylic acids is 1.